The smallest absolute Gasteiger partial charge is 0.273 e. The van der Waals surface area contributed by atoms with E-state index in [4.69, 9.17) is 11.6 Å². The number of nitrogens with one attached hydrogen (secondary N) is 3. The highest BCUT2D eigenvalue weighted by Crippen LogP contribution is 2.38. The summed E-state index contributed by atoms with van der Waals surface area (Å²) in [6.45, 7) is 1.89. The maximum Gasteiger partial charge on any atom is 0.273 e. The minimum Gasteiger partial charge on any atom is -0.364 e. The molecule has 1 aromatic carbocycles. The fourth-order valence-electron chi connectivity index (χ4n) is 3.04. The number of aromatic nitrogens is 2. The Hall–Kier alpha value is -2.22. The van der Waals surface area contributed by atoms with E-state index in [0.717, 1.165) is 45.9 Å². The molecular weight excluding hydrogens is 370 g/mol. The summed E-state index contributed by atoms with van der Waals surface area (Å²) < 4.78 is 0.831. The molecule has 1 atom stereocenters. The number of hydrogen-bond donors (Lipinski definition) is 3. The zero-order valence-corrected chi connectivity index (χ0v) is 15.7. The summed E-state index contributed by atoms with van der Waals surface area (Å²) in [7, 11) is 1.60. The molecule has 0 spiro atoms. The quantitative estimate of drug-likeness (QED) is 0.641. The summed E-state index contributed by atoms with van der Waals surface area (Å²) in [4.78, 5) is 13.3. The molecule has 3 aromatic rings. The van der Waals surface area contributed by atoms with Crippen molar-refractivity contribution in [1.82, 2.24) is 20.8 Å². The Bertz CT molecular complexity index is 950. The van der Waals surface area contributed by atoms with E-state index in [1.165, 1.54) is 11.3 Å². The first-order valence-corrected chi connectivity index (χ1v) is 9.60. The van der Waals surface area contributed by atoms with Crippen LogP contribution >= 0.6 is 22.9 Å². The number of thiophene rings is 1. The van der Waals surface area contributed by atoms with E-state index < -0.39 is 0 Å². The number of rotatable bonds is 4. The van der Waals surface area contributed by atoms with Gasteiger partial charge in [-0.1, -0.05) is 23.7 Å². The monoisotopic (exact) mass is 387 g/mol. The fraction of sp³-hybridized carbons (Fsp3) is 0.278. The molecule has 26 heavy (non-hydrogen) atoms. The molecule has 3 N–H and O–H groups in total. The Morgan fingerprint density at radius 2 is 2.12 bits per heavy atom. The number of halogens is 1. The lowest BCUT2D eigenvalue weighted by Crippen LogP contribution is -2.24. The lowest BCUT2D eigenvalue weighted by molar-refractivity contribution is 0.0959. The van der Waals surface area contributed by atoms with E-state index in [1.807, 2.05) is 24.3 Å². The largest absolute Gasteiger partial charge is 0.364 e. The molecule has 1 aliphatic heterocycles. The lowest BCUT2D eigenvalue weighted by Gasteiger charge is -2.12. The van der Waals surface area contributed by atoms with Gasteiger partial charge in [-0.15, -0.1) is 21.5 Å². The van der Waals surface area contributed by atoms with Crippen LogP contribution in [0.4, 0.5) is 5.82 Å². The van der Waals surface area contributed by atoms with E-state index in [2.05, 4.69) is 32.2 Å². The van der Waals surface area contributed by atoms with Crippen LogP contribution in [0.25, 0.3) is 20.5 Å². The number of amides is 1. The van der Waals surface area contributed by atoms with Crippen LogP contribution in [-0.2, 0) is 0 Å². The molecule has 1 unspecified atom stereocenters. The van der Waals surface area contributed by atoms with Gasteiger partial charge in [-0.05, 0) is 36.7 Å². The van der Waals surface area contributed by atoms with Crippen molar-refractivity contribution in [3.05, 3.63) is 41.0 Å². The Morgan fingerprint density at radius 3 is 2.81 bits per heavy atom. The number of nitrogens with zero attached hydrogens (tertiary/aromatic N) is 2. The second-order valence-electron chi connectivity index (χ2n) is 6.17. The van der Waals surface area contributed by atoms with Gasteiger partial charge < -0.3 is 16.0 Å². The predicted octanol–water partition coefficient (Wildman–Crippen LogP) is 3.15. The third-order valence-corrected chi connectivity index (χ3v) is 5.87. The van der Waals surface area contributed by atoms with Gasteiger partial charge in [-0.3, -0.25) is 4.79 Å². The van der Waals surface area contributed by atoms with E-state index >= 15 is 0 Å². The van der Waals surface area contributed by atoms with E-state index in [9.17, 15) is 4.79 Å². The van der Waals surface area contributed by atoms with Crippen molar-refractivity contribution in [2.75, 3.05) is 25.5 Å². The number of benzene rings is 1. The van der Waals surface area contributed by atoms with Crippen molar-refractivity contribution in [2.45, 2.75) is 12.5 Å². The van der Waals surface area contributed by atoms with Crippen LogP contribution in [0.3, 0.4) is 0 Å². The highest BCUT2D eigenvalue weighted by Gasteiger charge is 2.21. The van der Waals surface area contributed by atoms with Crippen molar-refractivity contribution < 1.29 is 4.79 Å². The van der Waals surface area contributed by atoms with Gasteiger partial charge in [0.05, 0.1) is 4.70 Å². The molecule has 2 aromatic heterocycles. The van der Waals surface area contributed by atoms with Gasteiger partial charge >= 0.3 is 0 Å². The Kier molecular flexibility index (Phi) is 4.76. The molecule has 1 aliphatic rings. The minimum absolute atomic E-state index is 0.235. The number of carbonyl (C=O) groups is 1. The van der Waals surface area contributed by atoms with E-state index in [-0.39, 0.29) is 5.91 Å². The molecule has 3 heterocycles. The molecule has 0 saturated carbocycles. The van der Waals surface area contributed by atoms with Gasteiger partial charge in [0.25, 0.3) is 5.91 Å². The summed E-state index contributed by atoms with van der Waals surface area (Å²) in [5.74, 6) is 0.485. The average molecular weight is 388 g/mol. The van der Waals surface area contributed by atoms with Crippen LogP contribution in [0.5, 0.6) is 0 Å². The Labute approximate surface area is 160 Å². The maximum absolute atomic E-state index is 12.2. The number of fused-ring (bicyclic) bond motifs is 1. The van der Waals surface area contributed by atoms with Crippen LogP contribution in [0, 0.1) is 0 Å². The van der Waals surface area contributed by atoms with Crippen LogP contribution in [0.1, 0.15) is 16.9 Å². The third-order valence-electron chi connectivity index (χ3n) is 4.42. The molecule has 8 heteroatoms. The van der Waals surface area contributed by atoms with E-state index in [1.54, 1.807) is 7.05 Å². The minimum atomic E-state index is -0.235. The first-order chi connectivity index (χ1) is 12.7. The standard InChI is InChI=1S/C18H18ClN5OS/c1-20-18(25)15-16-13(17(24-23-15)22-12-6-7-21-9-12)8-14(26-16)10-2-4-11(19)5-3-10/h2-5,8,12,21H,6-7,9H2,1H3,(H,20,25)(H,22,24). The molecule has 1 amide bonds. The van der Waals surface area contributed by atoms with Crippen molar-refractivity contribution in [3.8, 4) is 10.4 Å². The van der Waals surface area contributed by atoms with E-state index in [0.29, 0.717) is 16.8 Å². The normalized spacial score (nSPS) is 16.8. The number of carbonyl (C=O) groups excluding carboxylic acids is 1. The SMILES string of the molecule is CNC(=O)c1nnc(NC2CCNC2)c2cc(-c3ccc(Cl)cc3)sc12. The zero-order valence-electron chi connectivity index (χ0n) is 14.2. The van der Waals surface area contributed by atoms with Crippen LogP contribution in [0.15, 0.2) is 30.3 Å². The second-order valence-corrected chi connectivity index (χ2v) is 7.66. The maximum atomic E-state index is 12.2. The van der Waals surface area contributed by atoms with Crippen molar-refractivity contribution in [2.24, 2.45) is 0 Å². The predicted molar refractivity (Wildman–Crippen MR) is 106 cm³/mol. The Morgan fingerprint density at radius 1 is 1.31 bits per heavy atom. The summed E-state index contributed by atoms with van der Waals surface area (Å²) in [5.41, 5.74) is 1.40. The first-order valence-electron chi connectivity index (χ1n) is 8.41. The highest BCUT2D eigenvalue weighted by molar-refractivity contribution is 7.22. The third kappa shape index (κ3) is 3.25. The topological polar surface area (TPSA) is 78.9 Å². The molecule has 6 nitrogen and oxygen atoms in total. The molecule has 0 radical (unpaired) electrons. The molecular formula is C18H18ClN5OS. The molecule has 0 aliphatic carbocycles. The van der Waals surface area contributed by atoms with Gasteiger partial charge in [0, 0.05) is 34.9 Å². The lowest BCUT2D eigenvalue weighted by atomic mass is 10.1. The van der Waals surface area contributed by atoms with Crippen molar-refractivity contribution >= 4 is 44.7 Å². The van der Waals surface area contributed by atoms with Crippen molar-refractivity contribution in [3.63, 3.8) is 0 Å². The number of hydrogen-bond acceptors (Lipinski definition) is 6. The molecule has 134 valence electrons. The molecule has 0 bridgehead atoms. The van der Waals surface area contributed by atoms with Crippen LogP contribution in [-0.4, -0.2) is 42.3 Å². The van der Waals surface area contributed by atoms with Gasteiger partial charge in [-0.25, -0.2) is 0 Å². The van der Waals surface area contributed by atoms with Crippen molar-refractivity contribution in [1.29, 1.82) is 0 Å². The van der Waals surface area contributed by atoms with Crippen LogP contribution in [0.2, 0.25) is 5.02 Å². The average Bonchev–Trinajstić information content (AvgIpc) is 3.32. The van der Waals surface area contributed by atoms with Gasteiger partial charge in [-0.2, -0.15) is 0 Å². The van der Waals surface area contributed by atoms with Crippen LogP contribution < -0.4 is 16.0 Å². The summed E-state index contributed by atoms with van der Waals surface area (Å²) in [6, 6.07) is 10.1. The zero-order chi connectivity index (χ0) is 18.1. The Balaban J connectivity index is 1.82. The first kappa shape index (κ1) is 17.2. The number of anilines is 1. The second kappa shape index (κ2) is 7.19. The summed E-state index contributed by atoms with van der Waals surface area (Å²) >= 11 is 7.53. The highest BCUT2D eigenvalue weighted by atomic mass is 35.5. The molecule has 1 saturated heterocycles. The van der Waals surface area contributed by atoms with Gasteiger partial charge in [0.1, 0.15) is 0 Å². The molecule has 1 fully saturated rings. The molecule has 4 rings (SSSR count). The van der Waals surface area contributed by atoms with Gasteiger partial charge in [0.15, 0.2) is 11.5 Å². The summed E-state index contributed by atoms with van der Waals surface area (Å²) in [5, 5.41) is 19.5. The summed E-state index contributed by atoms with van der Waals surface area (Å²) in [6.07, 6.45) is 1.04. The van der Waals surface area contributed by atoms with Gasteiger partial charge in [0.2, 0.25) is 0 Å². The fourth-order valence-corrected chi connectivity index (χ4v) is 4.32.